The van der Waals surface area contributed by atoms with E-state index in [-0.39, 0.29) is 64.5 Å². The van der Waals surface area contributed by atoms with Crippen molar-refractivity contribution >= 4 is 44.0 Å². The minimum atomic E-state index is -5.31. The van der Waals surface area contributed by atoms with E-state index >= 15 is 0 Å². The Labute approximate surface area is 141 Å². The molecule has 0 amide bonds. The molecule has 0 atom stereocenters. The molecule has 0 rings (SSSR count). The third-order valence-electron chi connectivity index (χ3n) is 0.194. The molecule has 0 aliphatic carbocycles. The fourth-order valence-electron chi connectivity index (χ4n) is 0.0680. The Kier molecular flexibility index (Phi) is 22.1. The van der Waals surface area contributed by atoms with Gasteiger partial charge < -0.3 is 9.11 Å². The number of rotatable bonds is 3. The Balaban J connectivity index is -0.000000108. The molecule has 0 aliphatic rings. The van der Waals surface area contributed by atoms with Crippen LogP contribution in [0, 0.1) is 0 Å². The van der Waals surface area contributed by atoms with Crippen LogP contribution >= 0.6 is 23.2 Å². The van der Waals surface area contributed by atoms with Gasteiger partial charge in [-0.1, -0.05) is 0 Å². The second-order valence-corrected chi connectivity index (χ2v) is 3.77. The van der Waals surface area contributed by atoms with Crippen LogP contribution in [0.1, 0.15) is 0 Å². The summed E-state index contributed by atoms with van der Waals surface area (Å²) in [6.07, 6.45) is 0. The van der Waals surface area contributed by atoms with Crippen molar-refractivity contribution in [2.45, 2.75) is 0 Å². The van der Waals surface area contributed by atoms with Gasteiger partial charge in [0.1, 0.15) is 0 Å². The number of hydrogen-bond donors (Lipinski definition) is 0. The molecule has 0 radical (unpaired) electrons. The molecule has 0 unspecified atom stereocenters. The minimum Gasteiger partial charge on any atom is -0.724 e. The average molecular weight is 323 g/mol. The topological polar surface area (TPSA) is 133 Å². The van der Waals surface area contributed by atoms with Gasteiger partial charge in [0.25, 0.3) is 0 Å². The molecular formula is CH2Cl2Na2O8S2. The van der Waals surface area contributed by atoms with Gasteiger partial charge >= 0.3 is 59.1 Å². The molecule has 0 N–H and O–H groups in total. The van der Waals surface area contributed by atoms with E-state index in [1.54, 1.807) is 0 Å². The first kappa shape index (κ1) is 26.0. The third kappa shape index (κ3) is 38.5. The molecule has 8 nitrogen and oxygen atoms in total. The first-order valence-electron chi connectivity index (χ1n) is 2.03. The van der Waals surface area contributed by atoms with Crippen LogP contribution < -0.4 is 59.1 Å². The van der Waals surface area contributed by atoms with Gasteiger partial charge in [-0.2, -0.15) is 0 Å². The Morgan fingerprint density at radius 3 is 1.07 bits per heavy atom. The molecule has 14 heteroatoms. The number of alkyl halides is 2. The zero-order chi connectivity index (χ0) is 11.1. The van der Waals surface area contributed by atoms with Crippen LogP contribution in [0.5, 0.6) is 0 Å². The molecule has 0 fully saturated rings. The van der Waals surface area contributed by atoms with Crippen molar-refractivity contribution < 1.29 is 93.7 Å². The minimum absolute atomic E-state index is 0. The quantitative estimate of drug-likeness (QED) is 0.125. The second kappa shape index (κ2) is 12.8. The Morgan fingerprint density at radius 2 is 1.00 bits per heavy atom. The van der Waals surface area contributed by atoms with Crippen molar-refractivity contribution in [1.29, 1.82) is 0 Å². The Bertz CT molecular complexity index is 278. The summed E-state index contributed by atoms with van der Waals surface area (Å²) in [5.41, 5.74) is 0. The fourth-order valence-corrected chi connectivity index (χ4v) is 0.612. The maximum atomic E-state index is 9.37. The molecule has 0 aromatic rings. The summed E-state index contributed by atoms with van der Waals surface area (Å²) in [5.74, 6) is 0. The van der Waals surface area contributed by atoms with Crippen molar-refractivity contribution in [1.82, 2.24) is 0 Å². The van der Waals surface area contributed by atoms with Gasteiger partial charge in [0.2, 0.25) is 20.8 Å². The molecule has 0 saturated carbocycles. The van der Waals surface area contributed by atoms with Gasteiger partial charge in [-0.15, -0.1) is 31.9 Å². The van der Waals surface area contributed by atoms with Gasteiger partial charge in [0.05, 0.1) is 5.34 Å². The summed E-state index contributed by atoms with van der Waals surface area (Å²) in [4.78, 5) is 0. The molecule has 82 valence electrons. The van der Waals surface area contributed by atoms with Crippen LogP contribution in [0.4, 0.5) is 0 Å². The maximum absolute atomic E-state index is 9.37. The van der Waals surface area contributed by atoms with Crippen LogP contribution in [0.25, 0.3) is 0 Å². The van der Waals surface area contributed by atoms with Gasteiger partial charge in [-0.25, -0.2) is 16.8 Å². The molecule has 0 aromatic heterocycles. The van der Waals surface area contributed by atoms with Crippen LogP contribution in [0.3, 0.4) is 0 Å². The van der Waals surface area contributed by atoms with Gasteiger partial charge in [0, 0.05) is 0 Å². The summed E-state index contributed by atoms with van der Waals surface area (Å²) >= 11 is 9.53. The van der Waals surface area contributed by atoms with Crippen molar-refractivity contribution in [3.63, 3.8) is 0 Å². The van der Waals surface area contributed by atoms with E-state index < -0.39 is 20.8 Å². The predicted molar refractivity (Wildman–Crippen MR) is 38.1 cm³/mol. The molecule has 0 aliphatic heterocycles. The maximum Gasteiger partial charge on any atom is 1.00 e. The van der Waals surface area contributed by atoms with E-state index in [2.05, 4.69) is 8.67 Å². The summed E-state index contributed by atoms with van der Waals surface area (Å²) in [5, 5.41) is 0.194. The van der Waals surface area contributed by atoms with E-state index in [0.717, 1.165) is 0 Å². The molecule has 0 bridgehead atoms. The van der Waals surface area contributed by atoms with E-state index in [9.17, 15) is 25.9 Å². The largest absolute Gasteiger partial charge is 1.00 e. The average Bonchev–Trinajstić information content (AvgIpc) is 1.82. The van der Waals surface area contributed by atoms with E-state index in [0.29, 0.717) is 0 Å². The van der Waals surface area contributed by atoms with E-state index in [1.807, 2.05) is 0 Å². The summed E-state index contributed by atoms with van der Waals surface area (Å²) in [7, 11) is -10.6. The molecule has 15 heavy (non-hydrogen) atoms. The van der Waals surface area contributed by atoms with E-state index in [4.69, 9.17) is 23.2 Å². The first-order valence-corrected chi connectivity index (χ1v) is 5.77. The van der Waals surface area contributed by atoms with Crippen molar-refractivity contribution in [3.05, 3.63) is 0 Å². The third-order valence-corrected chi connectivity index (χ3v) is 0.750. The number of hydrogen-bond acceptors (Lipinski definition) is 8. The van der Waals surface area contributed by atoms with E-state index in [1.165, 1.54) is 0 Å². The molecule has 0 saturated heterocycles. The molecule has 0 spiro atoms. The normalized spacial score (nSPS) is 10.1. The van der Waals surface area contributed by atoms with Crippen LogP contribution in [0.15, 0.2) is 0 Å². The standard InChI is InChI=1S/CH2Cl2.2Na.H2O8S2/c2-1-3;;;1-9(2,3)7-8-10(4,5)6/h1H2;;;(H,1,2,3)(H,4,5,6)/q;2*+1;/p-2. The zero-order valence-corrected chi connectivity index (χ0v) is 14.7. The van der Waals surface area contributed by atoms with Crippen LogP contribution in [0.2, 0.25) is 0 Å². The predicted octanol–water partition coefficient (Wildman–Crippen LogP) is -6.72. The smallest absolute Gasteiger partial charge is 0.724 e. The molecule has 0 aromatic carbocycles. The van der Waals surface area contributed by atoms with Gasteiger partial charge in [-0.3, -0.25) is 0 Å². The monoisotopic (exact) mass is 322 g/mol. The first-order chi connectivity index (χ1) is 5.62. The Morgan fingerprint density at radius 1 is 0.867 bits per heavy atom. The molecule has 0 heterocycles. The van der Waals surface area contributed by atoms with Gasteiger partial charge in [-0.05, 0) is 0 Å². The van der Waals surface area contributed by atoms with Crippen molar-refractivity contribution in [3.8, 4) is 0 Å². The summed E-state index contributed by atoms with van der Waals surface area (Å²) in [6, 6.07) is 0. The van der Waals surface area contributed by atoms with Crippen LogP contribution in [-0.2, 0) is 29.5 Å². The second-order valence-electron chi connectivity index (χ2n) is 1.05. The van der Waals surface area contributed by atoms with Gasteiger partial charge in [0.15, 0.2) is 0 Å². The summed E-state index contributed by atoms with van der Waals surface area (Å²) in [6.45, 7) is 0. The zero-order valence-electron chi connectivity index (χ0n) is 7.55. The summed E-state index contributed by atoms with van der Waals surface area (Å²) < 4.78 is 61.5. The SMILES string of the molecule is ClCCl.O=S(=O)([O-])OOS(=O)(=O)[O-].[Na+].[Na+]. The van der Waals surface area contributed by atoms with Crippen LogP contribution in [-0.4, -0.2) is 31.3 Å². The van der Waals surface area contributed by atoms with Crippen molar-refractivity contribution in [2.24, 2.45) is 0 Å². The molecular weight excluding hydrogens is 321 g/mol. The van der Waals surface area contributed by atoms with Crippen molar-refractivity contribution in [2.75, 3.05) is 5.34 Å². The fraction of sp³-hybridized carbons (Fsp3) is 1.00. The Hall–Kier alpha value is 2.32. The number of halogens is 2.